The van der Waals surface area contributed by atoms with Gasteiger partial charge in [0.1, 0.15) is 5.72 Å². The fourth-order valence-electron chi connectivity index (χ4n) is 3.96. The number of carbonyl (C=O) groups excluding carboxylic acids is 1. The first kappa shape index (κ1) is 16.3. The SMILES string of the molecule is Cc1ccc(-c2cc(C(=O)N3CCOC34CCCCC4)no2)cc1C. The second-order valence-corrected chi connectivity index (χ2v) is 7.19. The number of hydrogen-bond acceptors (Lipinski definition) is 4. The van der Waals surface area contributed by atoms with Crippen molar-refractivity contribution >= 4 is 5.91 Å². The Morgan fingerprint density at radius 2 is 1.92 bits per heavy atom. The fraction of sp³-hybridized carbons (Fsp3) is 0.500. The molecule has 1 saturated carbocycles. The molecule has 2 aromatic rings. The van der Waals surface area contributed by atoms with Crippen LogP contribution in [-0.2, 0) is 4.74 Å². The lowest BCUT2D eigenvalue weighted by molar-refractivity contribution is -0.0921. The second kappa shape index (κ2) is 6.30. The minimum Gasteiger partial charge on any atom is -0.355 e. The molecule has 2 aliphatic rings. The molecule has 0 radical (unpaired) electrons. The highest BCUT2D eigenvalue weighted by molar-refractivity contribution is 5.93. The molecule has 1 aromatic heterocycles. The molecule has 0 atom stereocenters. The molecule has 2 fully saturated rings. The number of aryl methyl sites for hydroxylation is 2. The zero-order chi connectivity index (χ0) is 17.4. The van der Waals surface area contributed by atoms with Gasteiger partial charge >= 0.3 is 0 Å². The Bertz CT molecular complexity index is 790. The third-order valence-electron chi connectivity index (χ3n) is 5.58. The van der Waals surface area contributed by atoms with E-state index < -0.39 is 5.72 Å². The van der Waals surface area contributed by atoms with Crippen molar-refractivity contribution in [1.82, 2.24) is 10.1 Å². The molecule has 1 saturated heterocycles. The number of amides is 1. The van der Waals surface area contributed by atoms with Crippen LogP contribution in [0, 0.1) is 13.8 Å². The first-order valence-corrected chi connectivity index (χ1v) is 9.09. The summed E-state index contributed by atoms with van der Waals surface area (Å²) in [6.07, 6.45) is 5.27. The topological polar surface area (TPSA) is 55.6 Å². The first-order chi connectivity index (χ1) is 12.1. The van der Waals surface area contributed by atoms with Crippen molar-refractivity contribution in [2.75, 3.05) is 13.2 Å². The quantitative estimate of drug-likeness (QED) is 0.826. The van der Waals surface area contributed by atoms with Crippen LogP contribution in [0.15, 0.2) is 28.8 Å². The van der Waals surface area contributed by atoms with Crippen LogP contribution >= 0.6 is 0 Å². The molecule has 25 heavy (non-hydrogen) atoms. The first-order valence-electron chi connectivity index (χ1n) is 9.09. The Labute approximate surface area is 147 Å². The number of benzene rings is 1. The Morgan fingerprint density at radius 3 is 2.68 bits per heavy atom. The van der Waals surface area contributed by atoms with E-state index in [1.807, 2.05) is 11.0 Å². The van der Waals surface area contributed by atoms with Crippen LogP contribution in [0.2, 0.25) is 0 Å². The summed E-state index contributed by atoms with van der Waals surface area (Å²) in [6.45, 7) is 5.37. The van der Waals surface area contributed by atoms with Gasteiger partial charge in [0.25, 0.3) is 5.91 Å². The number of hydrogen-bond donors (Lipinski definition) is 0. The number of rotatable bonds is 2. The maximum Gasteiger partial charge on any atom is 0.278 e. The molecule has 1 aliphatic heterocycles. The van der Waals surface area contributed by atoms with E-state index in [2.05, 4.69) is 31.1 Å². The summed E-state index contributed by atoms with van der Waals surface area (Å²) < 4.78 is 11.5. The van der Waals surface area contributed by atoms with Crippen molar-refractivity contribution in [2.24, 2.45) is 0 Å². The van der Waals surface area contributed by atoms with Gasteiger partial charge in [-0.25, -0.2) is 0 Å². The van der Waals surface area contributed by atoms with Crippen molar-refractivity contribution in [3.63, 3.8) is 0 Å². The van der Waals surface area contributed by atoms with Crippen LogP contribution < -0.4 is 0 Å². The van der Waals surface area contributed by atoms with Gasteiger partial charge in [-0.2, -0.15) is 0 Å². The van der Waals surface area contributed by atoms with Crippen molar-refractivity contribution in [1.29, 1.82) is 0 Å². The summed E-state index contributed by atoms with van der Waals surface area (Å²) in [5, 5.41) is 4.05. The van der Waals surface area contributed by atoms with E-state index in [0.29, 0.717) is 24.6 Å². The van der Waals surface area contributed by atoms with Gasteiger partial charge < -0.3 is 14.2 Å². The highest BCUT2D eigenvalue weighted by Gasteiger charge is 2.46. The zero-order valence-electron chi connectivity index (χ0n) is 14.9. The van der Waals surface area contributed by atoms with Crippen LogP contribution in [0.4, 0.5) is 0 Å². The Hall–Kier alpha value is -2.14. The highest BCUT2D eigenvalue weighted by Crippen LogP contribution is 2.38. The third-order valence-corrected chi connectivity index (χ3v) is 5.58. The van der Waals surface area contributed by atoms with Crippen LogP contribution in [0.3, 0.4) is 0 Å². The molecule has 0 N–H and O–H groups in total. The van der Waals surface area contributed by atoms with Gasteiger partial charge in [-0.3, -0.25) is 4.79 Å². The molecule has 1 aromatic carbocycles. The van der Waals surface area contributed by atoms with E-state index >= 15 is 0 Å². The maximum absolute atomic E-state index is 13.0. The summed E-state index contributed by atoms with van der Waals surface area (Å²) in [6, 6.07) is 7.87. The zero-order valence-corrected chi connectivity index (χ0v) is 14.9. The minimum absolute atomic E-state index is 0.0850. The molecule has 2 heterocycles. The van der Waals surface area contributed by atoms with Gasteiger partial charge in [0.2, 0.25) is 0 Å². The molecular formula is C20H24N2O3. The molecular weight excluding hydrogens is 316 g/mol. The highest BCUT2D eigenvalue weighted by atomic mass is 16.5. The molecule has 1 aliphatic carbocycles. The Morgan fingerprint density at radius 1 is 1.12 bits per heavy atom. The van der Waals surface area contributed by atoms with Crippen LogP contribution in [0.25, 0.3) is 11.3 Å². The average Bonchev–Trinajstić information content (AvgIpc) is 3.25. The Kier molecular flexibility index (Phi) is 4.12. The van der Waals surface area contributed by atoms with E-state index in [1.165, 1.54) is 17.5 Å². The Balaban J connectivity index is 1.59. The molecule has 1 amide bonds. The fourth-order valence-corrected chi connectivity index (χ4v) is 3.96. The number of ether oxygens (including phenoxy) is 1. The lowest BCUT2D eigenvalue weighted by Gasteiger charge is -2.39. The van der Waals surface area contributed by atoms with Crippen LogP contribution in [0.1, 0.15) is 53.7 Å². The van der Waals surface area contributed by atoms with Crippen molar-refractivity contribution in [2.45, 2.75) is 51.7 Å². The predicted octanol–water partition coefficient (Wildman–Crippen LogP) is 4.09. The van der Waals surface area contributed by atoms with Crippen molar-refractivity contribution in [3.05, 3.63) is 41.1 Å². The molecule has 1 spiro atoms. The molecule has 5 heteroatoms. The van der Waals surface area contributed by atoms with E-state index in [1.54, 1.807) is 6.07 Å². The van der Waals surface area contributed by atoms with Crippen LogP contribution in [0.5, 0.6) is 0 Å². The summed E-state index contributed by atoms with van der Waals surface area (Å²) in [5.41, 5.74) is 3.31. The normalized spacial score (nSPS) is 19.5. The number of nitrogens with zero attached hydrogens (tertiary/aromatic N) is 2. The lowest BCUT2D eigenvalue weighted by atomic mass is 9.90. The van der Waals surface area contributed by atoms with E-state index in [4.69, 9.17) is 9.26 Å². The molecule has 5 nitrogen and oxygen atoms in total. The summed E-state index contributed by atoms with van der Waals surface area (Å²) in [7, 11) is 0. The number of aromatic nitrogens is 1. The van der Waals surface area contributed by atoms with Gasteiger partial charge in [0.05, 0.1) is 6.61 Å². The van der Waals surface area contributed by atoms with E-state index in [9.17, 15) is 4.79 Å². The molecule has 132 valence electrons. The average molecular weight is 340 g/mol. The van der Waals surface area contributed by atoms with Crippen molar-refractivity contribution in [3.8, 4) is 11.3 Å². The second-order valence-electron chi connectivity index (χ2n) is 7.19. The van der Waals surface area contributed by atoms with Gasteiger partial charge in [0.15, 0.2) is 11.5 Å². The van der Waals surface area contributed by atoms with Crippen molar-refractivity contribution < 1.29 is 14.1 Å². The minimum atomic E-state index is -0.422. The summed E-state index contributed by atoms with van der Waals surface area (Å²) >= 11 is 0. The third kappa shape index (κ3) is 2.86. The summed E-state index contributed by atoms with van der Waals surface area (Å²) in [4.78, 5) is 14.9. The number of carbonyl (C=O) groups is 1. The standard InChI is InChI=1S/C20H24N2O3/c1-14-6-7-16(12-15(14)2)18-13-17(21-25-18)19(23)22-10-11-24-20(22)8-4-3-5-9-20/h6-7,12-13H,3-5,8-11H2,1-2H3. The smallest absolute Gasteiger partial charge is 0.278 e. The van der Waals surface area contributed by atoms with Gasteiger partial charge in [-0.15, -0.1) is 0 Å². The van der Waals surface area contributed by atoms with Gasteiger partial charge in [0, 0.05) is 18.2 Å². The van der Waals surface area contributed by atoms with Gasteiger partial charge in [-0.05, 0) is 56.7 Å². The summed E-state index contributed by atoms with van der Waals surface area (Å²) in [5.74, 6) is 0.544. The molecule has 4 rings (SSSR count). The van der Waals surface area contributed by atoms with Crippen LogP contribution in [-0.4, -0.2) is 34.8 Å². The van der Waals surface area contributed by atoms with E-state index in [0.717, 1.165) is 31.2 Å². The maximum atomic E-state index is 13.0. The van der Waals surface area contributed by atoms with E-state index in [-0.39, 0.29) is 5.91 Å². The predicted molar refractivity (Wildman–Crippen MR) is 94.2 cm³/mol. The lowest BCUT2D eigenvalue weighted by Crippen LogP contribution is -2.49. The largest absolute Gasteiger partial charge is 0.355 e. The molecule has 0 bridgehead atoms. The molecule has 0 unspecified atom stereocenters. The van der Waals surface area contributed by atoms with Gasteiger partial charge in [-0.1, -0.05) is 23.7 Å². The monoisotopic (exact) mass is 340 g/mol.